The molecule has 0 fully saturated rings. The van der Waals surface area contributed by atoms with Gasteiger partial charge in [-0.15, -0.1) is 11.3 Å². The summed E-state index contributed by atoms with van der Waals surface area (Å²) in [6.07, 6.45) is 1.78. The topological polar surface area (TPSA) is 30.0 Å². The second-order valence-electron chi connectivity index (χ2n) is 4.71. The summed E-state index contributed by atoms with van der Waals surface area (Å²) in [5.74, 6) is -0.00852. The maximum absolute atomic E-state index is 12.6. The average molecular weight is 346 g/mol. The molecule has 2 nitrogen and oxygen atoms in total. The van der Waals surface area contributed by atoms with Crippen molar-refractivity contribution in [2.75, 3.05) is 0 Å². The van der Waals surface area contributed by atoms with Gasteiger partial charge >= 0.3 is 0 Å². The fraction of sp³-hybridized carbons (Fsp3) is 0.0588. The Balaban J connectivity index is 1.83. The number of halogens is 1. The molecule has 0 N–H and O–H groups in total. The van der Waals surface area contributed by atoms with Gasteiger partial charge in [0.05, 0.1) is 0 Å². The zero-order chi connectivity index (χ0) is 15.5. The number of aryl methyl sites for hydroxylation is 1. The number of benzene rings is 2. The molecule has 0 saturated heterocycles. The quantitative estimate of drug-likeness (QED) is 0.586. The largest absolute Gasteiger partial charge is 0.289 e. The summed E-state index contributed by atoms with van der Waals surface area (Å²) in [7, 11) is 0. The molecule has 0 atom stereocenters. The van der Waals surface area contributed by atoms with Crippen molar-refractivity contribution in [2.24, 2.45) is 0 Å². The van der Waals surface area contributed by atoms with Crippen molar-refractivity contribution in [3.8, 4) is 0 Å². The first-order chi connectivity index (χ1) is 10.6. The van der Waals surface area contributed by atoms with Crippen LogP contribution in [0.1, 0.15) is 21.5 Å². The highest BCUT2D eigenvalue weighted by molar-refractivity contribution is 8.01. The van der Waals surface area contributed by atoms with Gasteiger partial charge in [0.2, 0.25) is 0 Å². The Kier molecular flexibility index (Phi) is 4.62. The van der Waals surface area contributed by atoms with Crippen molar-refractivity contribution in [3.63, 3.8) is 0 Å². The molecule has 0 saturated carbocycles. The lowest BCUT2D eigenvalue weighted by atomic mass is 9.99. The highest BCUT2D eigenvalue weighted by atomic mass is 35.5. The molecule has 2 aromatic carbocycles. The smallest absolute Gasteiger partial charge is 0.193 e. The number of carbonyl (C=O) groups excluding carboxylic acids is 1. The van der Waals surface area contributed by atoms with Crippen LogP contribution in [0.15, 0.2) is 63.3 Å². The molecule has 5 heteroatoms. The fourth-order valence-electron chi connectivity index (χ4n) is 2.03. The number of hydrogen-bond acceptors (Lipinski definition) is 4. The van der Waals surface area contributed by atoms with Gasteiger partial charge in [-0.25, -0.2) is 4.98 Å². The Labute approximate surface area is 142 Å². The van der Waals surface area contributed by atoms with E-state index in [2.05, 4.69) is 4.98 Å². The predicted molar refractivity (Wildman–Crippen MR) is 92.3 cm³/mol. The van der Waals surface area contributed by atoms with Crippen molar-refractivity contribution >= 4 is 40.5 Å². The fourth-order valence-corrected chi connectivity index (χ4v) is 3.80. The Morgan fingerprint density at radius 3 is 2.64 bits per heavy atom. The van der Waals surface area contributed by atoms with Crippen LogP contribution in [0.4, 0.5) is 0 Å². The summed E-state index contributed by atoms with van der Waals surface area (Å²) in [5, 5.41) is 2.52. The number of carbonyl (C=O) groups is 1. The lowest BCUT2D eigenvalue weighted by Crippen LogP contribution is -2.03. The third-order valence-electron chi connectivity index (χ3n) is 3.18. The normalized spacial score (nSPS) is 10.6. The molecule has 0 aliphatic rings. The van der Waals surface area contributed by atoms with Crippen LogP contribution in [0.3, 0.4) is 0 Å². The van der Waals surface area contributed by atoms with E-state index >= 15 is 0 Å². The molecule has 110 valence electrons. The van der Waals surface area contributed by atoms with E-state index in [1.54, 1.807) is 41.4 Å². The molecule has 22 heavy (non-hydrogen) atoms. The summed E-state index contributed by atoms with van der Waals surface area (Å²) in [4.78, 5) is 17.9. The Morgan fingerprint density at radius 1 is 1.18 bits per heavy atom. The van der Waals surface area contributed by atoms with Crippen LogP contribution in [0, 0.1) is 6.92 Å². The van der Waals surface area contributed by atoms with Crippen LogP contribution in [-0.2, 0) is 0 Å². The van der Waals surface area contributed by atoms with Gasteiger partial charge in [-0.1, -0.05) is 29.4 Å². The molecule has 3 aromatic rings. The van der Waals surface area contributed by atoms with E-state index in [-0.39, 0.29) is 5.78 Å². The summed E-state index contributed by atoms with van der Waals surface area (Å²) >= 11 is 9.18. The molecule has 0 radical (unpaired) electrons. The first kappa shape index (κ1) is 15.3. The van der Waals surface area contributed by atoms with Crippen molar-refractivity contribution < 1.29 is 4.79 Å². The van der Waals surface area contributed by atoms with Crippen molar-refractivity contribution in [2.45, 2.75) is 16.2 Å². The minimum atomic E-state index is -0.00852. The Hall–Kier alpha value is -1.62. The maximum Gasteiger partial charge on any atom is 0.193 e. The van der Waals surface area contributed by atoms with Crippen molar-refractivity contribution in [1.29, 1.82) is 0 Å². The Morgan fingerprint density at radius 2 is 1.95 bits per heavy atom. The summed E-state index contributed by atoms with van der Waals surface area (Å²) in [6, 6.07) is 13.0. The number of thiazole rings is 1. The van der Waals surface area contributed by atoms with E-state index in [4.69, 9.17) is 11.6 Å². The lowest BCUT2D eigenvalue weighted by Gasteiger charge is -2.06. The number of nitrogens with zero attached hydrogens (tertiary/aromatic N) is 1. The standard InChI is InChI=1S/C17H12ClNOS2/c1-11-2-5-13(18)10-15(11)16(20)12-3-6-14(7-4-12)22-17-19-8-9-21-17/h2-10H,1H3. The minimum absolute atomic E-state index is 0.00852. The summed E-state index contributed by atoms with van der Waals surface area (Å²) in [6.45, 7) is 1.91. The molecule has 0 unspecified atom stereocenters. The number of rotatable bonds is 4. The second kappa shape index (κ2) is 6.65. The monoisotopic (exact) mass is 345 g/mol. The van der Waals surface area contributed by atoms with Crippen molar-refractivity contribution in [1.82, 2.24) is 4.98 Å². The van der Waals surface area contributed by atoms with Gasteiger partial charge in [0.15, 0.2) is 10.1 Å². The third-order valence-corrected chi connectivity index (χ3v) is 5.30. The highest BCUT2D eigenvalue weighted by Gasteiger charge is 2.12. The van der Waals surface area contributed by atoms with E-state index in [0.717, 1.165) is 14.8 Å². The predicted octanol–water partition coefficient (Wildman–Crippen LogP) is 5.49. The average Bonchev–Trinajstić information content (AvgIpc) is 3.03. The van der Waals surface area contributed by atoms with Gasteiger partial charge in [0.1, 0.15) is 0 Å². The maximum atomic E-state index is 12.6. The van der Waals surface area contributed by atoms with Crippen LogP contribution in [0.5, 0.6) is 0 Å². The molecule has 0 aliphatic heterocycles. The molecule has 3 rings (SSSR count). The minimum Gasteiger partial charge on any atom is -0.289 e. The van der Waals surface area contributed by atoms with E-state index in [1.807, 2.05) is 42.6 Å². The van der Waals surface area contributed by atoms with Gasteiger partial charge in [0.25, 0.3) is 0 Å². The Bertz CT molecular complexity index is 798. The molecule has 1 heterocycles. The lowest BCUT2D eigenvalue weighted by molar-refractivity contribution is 0.103. The molecular formula is C17H12ClNOS2. The van der Waals surface area contributed by atoms with Crippen LogP contribution < -0.4 is 0 Å². The zero-order valence-electron chi connectivity index (χ0n) is 11.7. The summed E-state index contributed by atoms with van der Waals surface area (Å²) < 4.78 is 0.991. The second-order valence-corrected chi connectivity index (χ2v) is 7.36. The van der Waals surface area contributed by atoms with E-state index in [0.29, 0.717) is 16.1 Å². The van der Waals surface area contributed by atoms with Crippen molar-refractivity contribution in [3.05, 3.63) is 75.8 Å². The van der Waals surface area contributed by atoms with Crippen LogP contribution >= 0.6 is 34.7 Å². The van der Waals surface area contributed by atoms with E-state index in [9.17, 15) is 4.79 Å². The first-order valence-electron chi connectivity index (χ1n) is 6.62. The van der Waals surface area contributed by atoms with Gasteiger partial charge in [-0.2, -0.15) is 0 Å². The van der Waals surface area contributed by atoms with E-state index < -0.39 is 0 Å². The van der Waals surface area contributed by atoms with Crippen LogP contribution in [-0.4, -0.2) is 10.8 Å². The number of ketones is 1. The number of aromatic nitrogens is 1. The molecule has 0 bridgehead atoms. The van der Waals surface area contributed by atoms with Gasteiger partial charge in [-0.3, -0.25) is 4.79 Å². The van der Waals surface area contributed by atoms with Gasteiger partial charge < -0.3 is 0 Å². The molecule has 0 aliphatic carbocycles. The van der Waals surface area contributed by atoms with E-state index in [1.165, 1.54) is 0 Å². The molecule has 0 amide bonds. The number of hydrogen-bond donors (Lipinski definition) is 0. The molecule has 1 aromatic heterocycles. The molecule has 0 spiro atoms. The van der Waals surface area contributed by atoms with Crippen LogP contribution in [0.2, 0.25) is 5.02 Å². The first-order valence-corrected chi connectivity index (χ1v) is 8.69. The molecular weight excluding hydrogens is 334 g/mol. The SMILES string of the molecule is Cc1ccc(Cl)cc1C(=O)c1ccc(Sc2nccs2)cc1. The third kappa shape index (κ3) is 3.40. The highest BCUT2D eigenvalue weighted by Crippen LogP contribution is 2.29. The van der Waals surface area contributed by atoms with Crippen LogP contribution in [0.25, 0.3) is 0 Å². The van der Waals surface area contributed by atoms with Gasteiger partial charge in [-0.05, 0) is 48.9 Å². The van der Waals surface area contributed by atoms with Gasteiger partial charge in [0, 0.05) is 32.6 Å². The zero-order valence-corrected chi connectivity index (χ0v) is 14.1. The summed E-state index contributed by atoms with van der Waals surface area (Å²) in [5.41, 5.74) is 2.23.